The Morgan fingerprint density at radius 3 is 2.33 bits per heavy atom. The molecule has 0 bridgehead atoms. The smallest absolute Gasteiger partial charge is 0.328 e. The first-order valence-corrected chi connectivity index (χ1v) is 7.65. The molecule has 0 aromatic heterocycles. The Morgan fingerprint density at radius 2 is 1.86 bits per heavy atom. The maximum absolute atomic E-state index is 12.7. The molecule has 1 aliphatic rings. The van der Waals surface area contributed by atoms with Crippen molar-refractivity contribution in [1.29, 1.82) is 0 Å². The molecule has 0 spiro atoms. The highest BCUT2D eigenvalue weighted by Crippen LogP contribution is 2.41. The van der Waals surface area contributed by atoms with Crippen molar-refractivity contribution in [1.82, 2.24) is 5.32 Å². The zero-order chi connectivity index (χ0) is 15.5. The lowest BCUT2D eigenvalue weighted by Gasteiger charge is -2.29. The summed E-state index contributed by atoms with van der Waals surface area (Å²) in [7, 11) is 0. The molecule has 21 heavy (non-hydrogen) atoms. The van der Waals surface area contributed by atoms with Crippen LogP contribution in [0.1, 0.15) is 31.2 Å². The molecule has 1 unspecified atom stereocenters. The number of nitrogens with one attached hydrogen (secondary N) is 1. The fourth-order valence-corrected chi connectivity index (χ4v) is 3.12. The number of benzene rings is 1. The molecule has 1 aliphatic carbocycles. The topological polar surface area (TPSA) is 66.4 Å². The van der Waals surface area contributed by atoms with Crippen LogP contribution in [0.25, 0.3) is 0 Å². The summed E-state index contributed by atoms with van der Waals surface area (Å²) in [6.45, 7) is -1.11. The number of hydrogen-bond acceptors (Lipinski definition) is 2. The standard InChI is InChI=1S/C15H17BrFNO3/c16-11-5-3-10(4-6-11)15(7-1-2-8-15)14(21)18-12(9-17)13(19)20/h3-6,12H,1-2,7-9H2,(H,18,21)(H,19,20). The van der Waals surface area contributed by atoms with Gasteiger partial charge in [0.05, 0.1) is 5.41 Å². The van der Waals surface area contributed by atoms with E-state index in [-0.39, 0.29) is 0 Å². The third kappa shape index (κ3) is 3.26. The largest absolute Gasteiger partial charge is 0.480 e. The predicted molar refractivity (Wildman–Crippen MR) is 79.8 cm³/mol. The van der Waals surface area contributed by atoms with E-state index in [2.05, 4.69) is 21.2 Å². The first-order valence-electron chi connectivity index (χ1n) is 6.85. The van der Waals surface area contributed by atoms with Gasteiger partial charge in [0.1, 0.15) is 6.67 Å². The quantitative estimate of drug-likeness (QED) is 0.851. The van der Waals surface area contributed by atoms with Crippen molar-refractivity contribution >= 4 is 27.8 Å². The third-order valence-corrected chi connectivity index (χ3v) is 4.57. The molecule has 1 saturated carbocycles. The van der Waals surface area contributed by atoms with Crippen molar-refractivity contribution in [2.24, 2.45) is 0 Å². The van der Waals surface area contributed by atoms with E-state index < -0.39 is 30.0 Å². The fourth-order valence-electron chi connectivity index (χ4n) is 2.86. The monoisotopic (exact) mass is 357 g/mol. The summed E-state index contributed by atoms with van der Waals surface area (Å²) >= 11 is 3.35. The molecular weight excluding hydrogens is 341 g/mol. The lowest BCUT2D eigenvalue weighted by molar-refractivity contribution is -0.143. The van der Waals surface area contributed by atoms with E-state index in [1.165, 1.54) is 0 Å². The number of carbonyl (C=O) groups is 2. The molecule has 2 N–H and O–H groups in total. The van der Waals surface area contributed by atoms with Gasteiger partial charge in [0.25, 0.3) is 0 Å². The zero-order valence-electron chi connectivity index (χ0n) is 11.4. The fraction of sp³-hybridized carbons (Fsp3) is 0.467. The number of carbonyl (C=O) groups excluding carboxylic acids is 1. The van der Waals surface area contributed by atoms with Gasteiger partial charge in [0.15, 0.2) is 6.04 Å². The van der Waals surface area contributed by atoms with Crippen LogP contribution in [0.4, 0.5) is 4.39 Å². The van der Waals surface area contributed by atoms with Crippen LogP contribution in [-0.2, 0) is 15.0 Å². The van der Waals surface area contributed by atoms with Crippen LogP contribution in [-0.4, -0.2) is 29.7 Å². The van der Waals surface area contributed by atoms with E-state index in [0.717, 1.165) is 22.9 Å². The maximum Gasteiger partial charge on any atom is 0.328 e. The van der Waals surface area contributed by atoms with Crippen LogP contribution >= 0.6 is 15.9 Å². The number of aliphatic carboxylic acids is 1. The summed E-state index contributed by atoms with van der Waals surface area (Å²) in [4.78, 5) is 23.5. The molecule has 0 aliphatic heterocycles. The highest BCUT2D eigenvalue weighted by Gasteiger charge is 2.43. The molecule has 1 aromatic rings. The van der Waals surface area contributed by atoms with Crippen molar-refractivity contribution < 1.29 is 19.1 Å². The molecule has 0 heterocycles. The van der Waals surface area contributed by atoms with Gasteiger partial charge in [0.2, 0.25) is 5.91 Å². The molecule has 4 nitrogen and oxygen atoms in total. The molecule has 0 radical (unpaired) electrons. The van der Waals surface area contributed by atoms with Crippen LogP contribution < -0.4 is 5.32 Å². The zero-order valence-corrected chi connectivity index (χ0v) is 13.0. The minimum Gasteiger partial charge on any atom is -0.480 e. The van der Waals surface area contributed by atoms with Crippen molar-refractivity contribution in [3.8, 4) is 0 Å². The molecule has 0 saturated heterocycles. The van der Waals surface area contributed by atoms with E-state index in [0.29, 0.717) is 12.8 Å². The van der Waals surface area contributed by atoms with Gasteiger partial charge in [0, 0.05) is 4.47 Å². The Hall–Kier alpha value is -1.43. The Balaban J connectivity index is 2.27. The van der Waals surface area contributed by atoms with Crippen LogP contribution in [0.15, 0.2) is 28.7 Å². The molecule has 1 aromatic carbocycles. The Bertz CT molecular complexity index is 526. The first kappa shape index (κ1) is 15.9. The Morgan fingerprint density at radius 1 is 1.29 bits per heavy atom. The van der Waals surface area contributed by atoms with Crippen molar-refractivity contribution in [2.75, 3.05) is 6.67 Å². The predicted octanol–water partition coefficient (Wildman–Crippen LogP) is 2.80. The average molecular weight is 358 g/mol. The van der Waals surface area contributed by atoms with E-state index in [4.69, 9.17) is 5.11 Å². The van der Waals surface area contributed by atoms with E-state index in [1.54, 1.807) is 0 Å². The summed E-state index contributed by atoms with van der Waals surface area (Å²) < 4.78 is 13.6. The second-order valence-corrected chi connectivity index (χ2v) is 6.23. The highest BCUT2D eigenvalue weighted by molar-refractivity contribution is 9.10. The van der Waals surface area contributed by atoms with E-state index in [9.17, 15) is 14.0 Å². The second kappa shape index (κ2) is 6.56. The Kier molecular flexibility index (Phi) is 4.98. The van der Waals surface area contributed by atoms with Crippen LogP contribution in [0, 0.1) is 0 Å². The van der Waals surface area contributed by atoms with Crippen molar-refractivity contribution in [3.63, 3.8) is 0 Å². The highest BCUT2D eigenvalue weighted by atomic mass is 79.9. The van der Waals surface area contributed by atoms with Crippen LogP contribution in [0.5, 0.6) is 0 Å². The summed E-state index contributed by atoms with van der Waals surface area (Å²) in [5.74, 6) is -1.75. The summed E-state index contributed by atoms with van der Waals surface area (Å²) in [6.07, 6.45) is 3.10. The van der Waals surface area contributed by atoms with E-state index in [1.807, 2.05) is 24.3 Å². The summed E-state index contributed by atoms with van der Waals surface area (Å²) in [5.41, 5.74) is 0.104. The number of carboxylic acids is 1. The molecule has 1 amide bonds. The molecule has 6 heteroatoms. The molecule has 2 rings (SSSR count). The number of rotatable bonds is 5. The van der Waals surface area contributed by atoms with Crippen molar-refractivity contribution in [2.45, 2.75) is 37.1 Å². The number of amides is 1. The third-order valence-electron chi connectivity index (χ3n) is 4.05. The van der Waals surface area contributed by atoms with Gasteiger partial charge in [-0.2, -0.15) is 0 Å². The van der Waals surface area contributed by atoms with Gasteiger partial charge >= 0.3 is 5.97 Å². The van der Waals surface area contributed by atoms with Gasteiger partial charge in [-0.1, -0.05) is 40.9 Å². The maximum atomic E-state index is 12.7. The van der Waals surface area contributed by atoms with Gasteiger partial charge in [-0.3, -0.25) is 4.79 Å². The van der Waals surface area contributed by atoms with Crippen LogP contribution in [0.2, 0.25) is 0 Å². The van der Waals surface area contributed by atoms with Gasteiger partial charge in [-0.05, 0) is 30.5 Å². The van der Waals surface area contributed by atoms with Gasteiger partial charge < -0.3 is 10.4 Å². The number of carboxylic acid groups (broad SMARTS) is 1. The lowest BCUT2D eigenvalue weighted by atomic mass is 9.78. The Labute approximate surface area is 130 Å². The summed E-state index contributed by atoms with van der Waals surface area (Å²) in [5, 5.41) is 11.2. The SMILES string of the molecule is O=C(O)C(CF)NC(=O)C1(c2ccc(Br)cc2)CCCC1. The van der Waals surface area contributed by atoms with Gasteiger partial charge in [-0.15, -0.1) is 0 Å². The minimum atomic E-state index is -1.48. The lowest BCUT2D eigenvalue weighted by Crippen LogP contribution is -2.50. The first-order chi connectivity index (χ1) is 9.99. The molecule has 1 atom stereocenters. The normalized spacial score (nSPS) is 18.2. The second-order valence-electron chi connectivity index (χ2n) is 5.31. The molecule has 114 valence electrons. The molecular formula is C15H17BrFNO3. The number of alkyl halides is 1. The van der Waals surface area contributed by atoms with Gasteiger partial charge in [-0.25, -0.2) is 9.18 Å². The molecule has 1 fully saturated rings. The number of hydrogen-bond donors (Lipinski definition) is 2. The van der Waals surface area contributed by atoms with Crippen LogP contribution in [0.3, 0.4) is 0 Å². The van der Waals surface area contributed by atoms with Crippen molar-refractivity contribution in [3.05, 3.63) is 34.3 Å². The minimum absolute atomic E-state index is 0.396. The summed E-state index contributed by atoms with van der Waals surface area (Å²) in [6, 6.07) is 5.95. The van der Waals surface area contributed by atoms with E-state index >= 15 is 0 Å². The number of halogens is 2. The average Bonchev–Trinajstić information content (AvgIpc) is 2.95.